The third-order valence-corrected chi connectivity index (χ3v) is 3.37. The maximum Gasteiger partial charge on any atom is 0.419 e. The molecule has 0 aliphatic carbocycles. The van der Waals surface area contributed by atoms with E-state index >= 15 is 0 Å². The van der Waals surface area contributed by atoms with E-state index in [4.69, 9.17) is 9.52 Å². The number of carbonyl (C=O) groups is 1. The van der Waals surface area contributed by atoms with Crippen molar-refractivity contribution in [3.8, 4) is 0 Å². The molecule has 0 aliphatic heterocycles. The SMILES string of the molecule is CN(CC(O)C(F)(F)F)C(=O)CCn1c(=O)oc2ccccc21. The number of benzene rings is 1. The van der Waals surface area contributed by atoms with E-state index in [1.807, 2.05) is 0 Å². The van der Waals surface area contributed by atoms with Gasteiger partial charge in [-0.25, -0.2) is 4.79 Å². The fourth-order valence-corrected chi connectivity index (χ4v) is 2.09. The smallest absolute Gasteiger partial charge is 0.408 e. The molecule has 0 saturated heterocycles. The number of carbonyl (C=O) groups excluding carboxylic acids is 1. The number of alkyl halides is 3. The third kappa shape index (κ3) is 3.92. The molecule has 1 atom stereocenters. The van der Waals surface area contributed by atoms with Crippen LogP contribution in [0, 0.1) is 0 Å². The predicted molar refractivity (Wildman–Crippen MR) is 74.8 cm³/mol. The number of aliphatic hydroxyl groups is 1. The minimum Gasteiger partial charge on any atom is -0.408 e. The topological polar surface area (TPSA) is 75.7 Å². The fraction of sp³-hybridized carbons (Fsp3) is 0.429. The number of aliphatic hydroxyl groups excluding tert-OH is 1. The van der Waals surface area contributed by atoms with Gasteiger partial charge in [-0.15, -0.1) is 0 Å². The van der Waals surface area contributed by atoms with Crippen molar-refractivity contribution in [3.05, 3.63) is 34.8 Å². The summed E-state index contributed by atoms with van der Waals surface area (Å²) in [7, 11) is 1.16. The molecule has 0 radical (unpaired) electrons. The largest absolute Gasteiger partial charge is 0.419 e. The molecule has 9 heteroatoms. The molecule has 0 bridgehead atoms. The molecule has 1 heterocycles. The zero-order valence-corrected chi connectivity index (χ0v) is 12.2. The lowest BCUT2D eigenvalue weighted by molar-refractivity contribution is -0.207. The van der Waals surface area contributed by atoms with Crippen molar-refractivity contribution in [1.82, 2.24) is 9.47 Å². The summed E-state index contributed by atoms with van der Waals surface area (Å²) in [6.07, 6.45) is -7.58. The summed E-state index contributed by atoms with van der Waals surface area (Å²) in [5.74, 6) is -1.26. The summed E-state index contributed by atoms with van der Waals surface area (Å²) < 4.78 is 43.0. The van der Waals surface area contributed by atoms with Crippen LogP contribution in [0.4, 0.5) is 13.2 Å². The Morgan fingerprint density at radius 1 is 1.39 bits per heavy atom. The quantitative estimate of drug-likeness (QED) is 0.897. The Bertz CT molecular complexity index is 750. The van der Waals surface area contributed by atoms with E-state index in [0.717, 1.165) is 11.9 Å². The van der Waals surface area contributed by atoms with Crippen LogP contribution in [0.15, 0.2) is 33.5 Å². The number of hydrogen-bond acceptors (Lipinski definition) is 4. The number of hydrogen-bond donors (Lipinski definition) is 1. The average molecular weight is 332 g/mol. The van der Waals surface area contributed by atoms with Gasteiger partial charge in [0.15, 0.2) is 11.7 Å². The highest BCUT2D eigenvalue weighted by Gasteiger charge is 2.39. The molecule has 23 heavy (non-hydrogen) atoms. The minimum absolute atomic E-state index is 0.0267. The molecule has 1 unspecified atom stereocenters. The summed E-state index contributed by atoms with van der Waals surface area (Å²) in [6.45, 7) is -0.884. The molecule has 126 valence electrons. The molecule has 2 rings (SSSR count). The maximum atomic E-state index is 12.3. The number of nitrogens with zero attached hydrogens (tertiary/aromatic N) is 2. The Kier molecular flexibility index (Phi) is 4.79. The lowest BCUT2D eigenvalue weighted by atomic mass is 10.3. The number of amides is 1. The molecule has 6 nitrogen and oxygen atoms in total. The van der Waals surface area contributed by atoms with Crippen molar-refractivity contribution in [1.29, 1.82) is 0 Å². The van der Waals surface area contributed by atoms with Crippen molar-refractivity contribution in [3.63, 3.8) is 0 Å². The van der Waals surface area contributed by atoms with Crippen LogP contribution in [0.2, 0.25) is 0 Å². The first kappa shape index (κ1) is 17.1. The number of halogens is 3. The first-order chi connectivity index (χ1) is 10.7. The van der Waals surface area contributed by atoms with E-state index in [9.17, 15) is 22.8 Å². The maximum absolute atomic E-state index is 12.3. The fourth-order valence-electron chi connectivity index (χ4n) is 2.09. The second kappa shape index (κ2) is 6.45. The van der Waals surface area contributed by atoms with E-state index in [2.05, 4.69) is 0 Å². The molecule has 1 aromatic heterocycles. The number of likely N-dealkylation sites (N-methyl/N-ethyl adjacent to an activating group) is 1. The van der Waals surface area contributed by atoms with Crippen molar-refractivity contribution >= 4 is 17.0 Å². The van der Waals surface area contributed by atoms with E-state index in [0.29, 0.717) is 11.1 Å². The van der Waals surface area contributed by atoms with Crippen LogP contribution < -0.4 is 5.76 Å². The number of oxazole rings is 1. The van der Waals surface area contributed by atoms with Crippen LogP contribution in [0.1, 0.15) is 6.42 Å². The first-order valence-corrected chi connectivity index (χ1v) is 6.77. The van der Waals surface area contributed by atoms with Crippen LogP contribution in [0.5, 0.6) is 0 Å². The van der Waals surface area contributed by atoms with Gasteiger partial charge >= 0.3 is 11.9 Å². The van der Waals surface area contributed by atoms with Gasteiger partial charge in [0, 0.05) is 20.0 Å². The van der Waals surface area contributed by atoms with Gasteiger partial charge in [-0.2, -0.15) is 13.2 Å². The van der Waals surface area contributed by atoms with E-state index in [1.165, 1.54) is 4.57 Å². The first-order valence-electron chi connectivity index (χ1n) is 6.77. The molecule has 0 aliphatic rings. The van der Waals surface area contributed by atoms with Crippen LogP contribution in [-0.2, 0) is 11.3 Å². The molecule has 0 saturated carbocycles. The summed E-state index contributed by atoms with van der Waals surface area (Å²) >= 11 is 0. The van der Waals surface area contributed by atoms with E-state index in [1.54, 1.807) is 24.3 Å². The monoisotopic (exact) mass is 332 g/mol. The van der Waals surface area contributed by atoms with E-state index < -0.39 is 30.5 Å². The van der Waals surface area contributed by atoms with Crippen molar-refractivity contribution < 1.29 is 27.5 Å². The number of rotatable bonds is 5. The molecular formula is C14H15F3N2O4. The zero-order valence-electron chi connectivity index (χ0n) is 12.2. The highest BCUT2D eigenvalue weighted by atomic mass is 19.4. The highest BCUT2D eigenvalue weighted by Crippen LogP contribution is 2.20. The molecular weight excluding hydrogens is 317 g/mol. The molecule has 0 fully saturated rings. The van der Waals surface area contributed by atoms with Crippen LogP contribution in [0.25, 0.3) is 11.1 Å². The van der Waals surface area contributed by atoms with E-state index in [-0.39, 0.29) is 13.0 Å². The van der Waals surface area contributed by atoms with Gasteiger partial charge in [-0.05, 0) is 12.1 Å². The Morgan fingerprint density at radius 2 is 2.04 bits per heavy atom. The van der Waals surface area contributed by atoms with Crippen molar-refractivity contribution in [2.75, 3.05) is 13.6 Å². The summed E-state index contributed by atoms with van der Waals surface area (Å²) in [6, 6.07) is 6.62. The average Bonchev–Trinajstić information content (AvgIpc) is 2.79. The predicted octanol–water partition coefficient (Wildman–Crippen LogP) is 1.37. The normalized spacial score (nSPS) is 13.3. The third-order valence-electron chi connectivity index (χ3n) is 3.37. The molecule has 0 spiro atoms. The summed E-state index contributed by atoms with van der Waals surface area (Å²) in [5, 5.41) is 8.95. The summed E-state index contributed by atoms with van der Waals surface area (Å²) in [4.78, 5) is 24.3. The standard InChI is InChI=1S/C14H15F3N2O4/c1-18(8-11(20)14(15,16)17)12(21)6-7-19-9-4-2-3-5-10(9)23-13(19)22/h2-5,11,20H,6-8H2,1H3. The number of fused-ring (bicyclic) bond motifs is 1. The lowest BCUT2D eigenvalue weighted by Crippen LogP contribution is -2.42. The Labute approximate surface area is 128 Å². The van der Waals surface area contributed by atoms with Crippen molar-refractivity contribution in [2.45, 2.75) is 25.2 Å². The molecule has 1 aromatic carbocycles. The van der Waals surface area contributed by atoms with Gasteiger partial charge in [0.1, 0.15) is 0 Å². The van der Waals surface area contributed by atoms with Crippen LogP contribution in [-0.4, -0.2) is 46.4 Å². The Hall–Kier alpha value is -2.29. The van der Waals surface area contributed by atoms with Gasteiger partial charge in [0.2, 0.25) is 5.91 Å². The number of aromatic nitrogens is 1. The second-order valence-corrected chi connectivity index (χ2v) is 5.07. The van der Waals surface area contributed by atoms with Gasteiger partial charge in [0.05, 0.1) is 12.1 Å². The molecule has 1 N–H and O–H groups in total. The van der Waals surface area contributed by atoms with Gasteiger partial charge in [-0.1, -0.05) is 12.1 Å². The van der Waals surface area contributed by atoms with Crippen molar-refractivity contribution in [2.24, 2.45) is 0 Å². The zero-order chi connectivity index (χ0) is 17.2. The molecule has 2 aromatic rings. The number of aryl methyl sites for hydroxylation is 1. The second-order valence-electron chi connectivity index (χ2n) is 5.07. The van der Waals surface area contributed by atoms with Crippen LogP contribution in [0.3, 0.4) is 0 Å². The minimum atomic E-state index is -4.79. The van der Waals surface area contributed by atoms with Gasteiger partial charge in [-0.3, -0.25) is 9.36 Å². The van der Waals surface area contributed by atoms with Crippen LogP contribution >= 0.6 is 0 Å². The lowest BCUT2D eigenvalue weighted by Gasteiger charge is -2.22. The van der Waals surface area contributed by atoms with Gasteiger partial charge in [0.25, 0.3) is 0 Å². The Balaban J connectivity index is 2.01. The Morgan fingerprint density at radius 3 is 2.70 bits per heavy atom. The number of para-hydroxylation sites is 2. The summed E-state index contributed by atoms with van der Waals surface area (Å²) in [5.41, 5.74) is 0.870. The molecule has 1 amide bonds. The van der Waals surface area contributed by atoms with Gasteiger partial charge < -0.3 is 14.4 Å². The highest BCUT2D eigenvalue weighted by molar-refractivity contribution is 5.76.